The van der Waals surface area contributed by atoms with Gasteiger partial charge < -0.3 is 9.47 Å². The van der Waals surface area contributed by atoms with Crippen LogP contribution in [0.3, 0.4) is 0 Å². The van der Waals surface area contributed by atoms with Gasteiger partial charge >= 0.3 is 0 Å². The predicted molar refractivity (Wildman–Crippen MR) is 105 cm³/mol. The fraction of sp³-hybridized carbons (Fsp3) is 0.381. The number of imidazole rings is 1. The molecule has 1 aliphatic heterocycles. The molecular formula is C21H24FN5O. The minimum absolute atomic E-state index is 0.0580. The van der Waals surface area contributed by atoms with Gasteiger partial charge in [0.1, 0.15) is 17.7 Å². The molecule has 4 rings (SSSR count). The van der Waals surface area contributed by atoms with Gasteiger partial charge in [0.25, 0.3) is 0 Å². The van der Waals surface area contributed by atoms with E-state index in [1.165, 1.54) is 12.1 Å². The molecule has 3 aromatic rings. The van der Waals surface area contributed by atoms with Gasteiger partial charge in [0.15, 0.2) is 0 Å². The summed E-state index contributed by atoms with van der Waals surface area (Å²) in [6.07, 6.45) is 6.07. The molecule has 0 aliphatic carbocycles. The number of aromatic nitrogens is 4. The first kappa shape index (κ1) is 18.4. The number of amides is 1. The molecule has 2 aromatic heterocycles. The van der Waals surface area contributed by atoms with Crippen LogP contribution in [0.25, 0.3) is 5.69 Å². The lowest BCUT2D eigenvalue weighted by Gasteiger charge is -2.31. The number of hydrogen-bond acceptors (Lipinski definition) is 3. The lowest BCUT2D eigenvalue weighted by atomic mass is 10.1. The highest BCUT2D eigenvalue weighted by atomic mass is 19.1. The van der Waals surface area contributed by atoms with Crippen molar-refractivity contribution in [1.29, 1.82) is 0 Å². The fourth-order valence-electron chi connectivity index (χ4n) is 4.01. The van der Waals surface area contributed by atoms with Crippen molar-refractivity contribution in [3.8, 4) is 5.69 Å². The molecule has 0 bridgehead atoms. The molecule has 0 fully saturated rings. The number of anilines is 1. The second-order valence-electron chi connectivity index (χ2n) is 7.22. The van der Waals surface area contributed by atoms with Crippen LogP contribution in [0.4, 0.5) is 10.1 Å². The number of nitrogens with zero attached hydrogens (tertiary/aromatic N) is 5. The van der Waals surface area contributed by atoms with Crippen molar-refractivity contribution in [1.82, 2.24) is 19.3 Å². The number of halogens is 1. The maximum absolute atomic E-state index is 13.4. The molecule has 1 aromatic carbocycles. The van der Waals surface area contributed by atoms with Gasteiger partial charge in [0.2, 0.25) is 5.91 Å². The Balaban J connectivity index is 1.68. The van der Waals surface area contributed by atoms with Crippen molar-refractivity contribution in [3.05, 3.63) is 59.7 Å². The number of carbonyl (C=O) groups is 1. The van der Waals surface area contributed by atoms with E-state index in [2.05, 4.69) is 10.1 Å². The summed E-state index contributed by atoms with van der Waals surface area (Å²) in [5.41, 5.74) is 3.53. The third-order valence-corrected chi connectivity index (χ3v) is 5.32. The Bertz CT molecular complexity index is 1000. The van der Waals surface area contributed by atoms with E-state index in [0.29, 0.717) is 13.0 Å². The van der Waals surface area contributed by atoms with Gasteiger partial charge in [-0.15, -0.1) is 0 Å². The number of fused-ring (bicyclic) bond motifs is 1. The van der Waals surface area contributed by atoms with E-state index in [1.54, 1.807) is 18.3 Å². The van der Waals surface area contributed by atoms with Crippen LogP contribution in [0.5, 0.6) is 0 Å². The summed E-state index contributed by atoms with van der Waals surface area (Å²) in [7, 11) is 0. The third-order valence-electron chi connectivity index (χ3n) is 5.32. The van der Waals surface area contributed by atoms with Gasteiger partial charge in [0, 0.05) is 12.7 Å². The van der Waals surface area contributed by atoms with Crippen LogP contribution in [0.15, 0.2) is 36.7 Å². The highest BCUT2D eigenvalue weighted by Gasteiger charge is 2.32. The second kappa shape index (κ2) is 7.22. The number of carbonyl (C=O) groups excluding carboxylic acids is 1. The Hall–Kier alpha value is -2.96. The van der Waals surface area contributed by atoms with Crippen molar-refractivity contribution in [2.45, 2.75) is 46.1 Å². The second-order valence-corrected chi connectivity index (χ2v) is 7.22. The topological polar surface area (TPSA) is 56.0 Å². The van der Waals surface area contributed by atoms with Crippen LogP contribution in [-0.4, -0.2) is 31.8 Å². The molecule has 0 radical (unpaired) electrons. The number of benzene rings is 1. The summed E-state index contributed by atoms with van der Waals surface area (Å²) in [5.74, 6) is 0.623. The van der Waals surface area contributed by atoms with E-state index in [9.17, 15) is 9.18 Å². The zero-order valence-electron chi connectivity index (χ0n) is 16.4. The minimum atomic E-state index is -0.290. The molecule has 3 heterocycles. The van der Waals surface area contributed by atoms with Crippen molar-refractivity contribution in [2.75, 3.05) is 11.4 Å². The quantitative estimate of drug-likeness (QED) is 0.692. The van der Waals surface area contributed by atoms with Gasteiger partial charge in [-0.1, -0.05) is 6.92 Å². The van der Waals surface area contributed by atoms with Crippen LogP contribution in [0, 0.1) is 19.7 Å². The maximum atomic E-state index is 13.4. The molecule has 28 heavy (non-hydrogen) atoms. The SMILES string of the molecule is CCC(C(=O)N1CCCc2c1cnn2-c1ccc(F)cc1)n1cc(C)nc1C. The van der Waals surface area contributed by atoms with Crippen molar-refractivity contribution in [2.24, 2.45) is 0 Å². The largest absolute Gasteiger partial charge is 0.322 e. The predicted octanol–water partition coefficient (Wildman–Crippen LogP) is 3.76. The van der Waals surface area contributed by atoms with Crippen molar-refractivity contribution < 1.29 is 9.18 Å². The van der Waals surface area contributed by atoms with Crippen LogP contribution >= 0.6 is 0 Å². The average molecular weight is 381 g/mol. The normalized spacial score (nSPS) is 14.8. The molecule has 0 N–H and O–H groups in total. The molecule has 1 amide bonds. The molecule has 1 atom stereocenters. The number of rotatable bonds is 4. The molecule has 0 saturated heterocycles. The number of aryl methyl sites for hydroxylation is 2. The van der Waals surface area contributed by atoms with E-state index in [4.69, 9.17) is 0 Å². The van der Waals surface area contributed by atoms with Crippen molar-refractivity contribution in [3.63, 3.8) is 0 Å². The highest BCUT2D eigenvalue weighted by molar-refractivity contribution is 5.97. The Labute approximate surface area is 163 Å². The molecule has 1 unspecified atom stereocenters. The van der Waals surface area contributed by atoms with Crippen LogP contribution in [0.1, 0.15) is 43.0 Å². The third kappa shape index (κ3) is 3.10. The Kier molecular flexibility index (Phi) is 4.75. The highest BCUT2D eigenvalue weighted by Crippen LogP contribution is 2.31. The van der Waals surface area contributed by atoms with Gasteiger partial charge in [-0.05, 0) is 57.4 Å². The average Bonchev–Trinajstić information content (AvgIpc) is 3.26. The zero-order chi connectivity index (χ0) is 19.8. The fourth-order valence-corrected chi connectivity index (χ4v) is 4.01. The summed E-state index contributed by atoms with van der Waals surface area (Å²) < 4.78 is 17.0. The maximum Gasteiger partial charge on any atom is 0.250 e. The van der Waals surface area contributed by atoms with Crippen molar-refractivity contribution >= 4 is 11.6 Å². The Morgan fingerprint density at radius 1 is 1.25 bits per heavy atom. The minimum Gasteiger partial charge on any atom is -0.322 e. The summed E-state index contributed by atoms with van der Waals surface area (Å²) in [6.45, 7) is 6.55. The van der Waals surface area contributed by atoms with E-state index < -0.39 is 0 Å². The summed E-state index contributed by atoms with van der Waals surface area (Å²) >= 11 is 0. The van der Waals surface area contributed by atoms with Crippen LogP contribution in [-0.2, 0) is 11.2 Å². The Morgan fingerprint density at radius 2 is 2.00 bits per heavy atom. The first-order valence-corrected chi connectivity index (χ1v) is 9.66. The van der Waals surface area contributed by atoms with Gasteiger partial charge in [-0.2, -0.15) is 5.10 Å². The van der Waals surface area contributed by atoms with Gasteiger partial charge in [-0.3, -0.25) is 4.79 Å². The lowest BCUT2D eigenvalue weighted by molar-refractivity contribution is -0.122. The Morgan fingerprint density at radius 3 is 2.64 bits per heavy atom. The smallest absolute Gasteiger partial charge is 0.250 e. The van der Waals surface area contributed by atoms with Crippen LogP contribution in [0.2, 0.25) is 0 Å². The van der Waals surface area contributed by atoms with E-state index in [1.807, 2.05) is 41.1 Å². The van der Waals surface area contributed by atoms with Crippen LogP contribution < -0.4 is 4.90 Å². The van der Waals surface area contributed by atoms with E-state index >= 15 is 0 Å². The number of hydrogen-bond donors (Lipinski definition) is 0. The molecule has 7 heteroatoms. The molecule has 0 saturated carbocycles. The molecule has 146 valence electrons. The molecule has 0 spiro atoms. The lowest BCUT2D eigenvalue weighted by Crippen LogP contribution is -2.40. The molecule has 6 nitrogen and oxygen atoms in total. The van der Waals surface area contributed by atoms with E-state index in [-0.39, 0.29) is 17.8 Å². The summed E-state index contributed by atoms with van der Waals surface area (Å²) in [4.78, 5) is 19.7. The zero-order valence-corrected chi connectivity index (χ0v) is 16.4. The first-order chi connectivity index (χ1) is 13.5. The van der Waals surface area contributed by atoms with Gasteiger partial charge in [-0.25, -0.2) is 14.1 Å². The standard InChI is InChI=1S/C21H24FN5O/c1-4-18(26-13-14(2)24-15(26)3)21(28)25-11-5-6-19-20(25)12-23-27(19)17-9-7-16(22)8-10-17/h7-10,12-13,18H,4-6,11H2,1-3H3. The van der Waals surface area contributed by atoms with E-state index in [0.717, 1.165) is 41.4 Å². The monoisotopic (exact) mass is 381 g/mol. The first-order valence-electron chi connectivity index (χ1n) is 9.66. The summed E-state index contributed by atoms with van der Waals surface area (Å²) in [5, 5.41) is 4.49. The molecule has 1 aliphatic rings. The molecular weight excluding hydrogens is 357 g/mol. The van der Waals surface area contributed by atoms with Gasteiger partial charge in [0.05, 0.1) is 29.0 Å². The summed E-state index contributed by atoms with van der Waals surface area (Å²) in [6, 6.07) is 5.96.